The van der Waals surface area contributed by atoms with Crippen molar-refractivity contribution in [3.8, 4) is 0 Å². The molecule has 0 radical (unpaired) electrons. The summed E-state index contributed by atoms with van der Waals surface area (Å²) in [4.78, 5) is 15.9. The molecule has 0 aliphatic carbocycles. The zero-order valence-corrected chi connectivity index (χ0v) is 9.98. The van der Waals surface area contributed by atoms with Gasteiger partial charge < -0.3 is 9.32 Å². The number of hydrazine groups is 1. The molecule has 0 aromatic carbocycles. The molecule has 17 heavy (non-hydrogen) atoms. The topological polar surface area (TPSA) is 74.7 Å². The third-order valence-corrected chi connectivity index (χ3v) is 3.02. The van der Waals surface area contributed by atoms with E-state index < -0.39 is 0 Å². The second-order valence-corrected chi connectivity index (χ2v) is 4.35. The first-order chi connectivity index (χ1) is 8.19. The molecule has 6 nitrogen and oxygen atoms in total. The fourth-order valence-electron chi connectivity index (χ4n) is 1.89. The van der Waals surface area contributed by atoms with Gasteiger partial charge in [0.15, 0.2) is 0 Å². The van der Waals surface area contributed by atoms with Crippen LogP contribution >= 0.6 is 0 Å². The molecule has 0 unspecified atom stereocenters. The maximum Gasteiger partial charge on any atom is 0.268 e. The van der Waals surface area contributed by atoms with Crippen LogP contribution in [0.3, 0.4) is 0 Å². The molecule has 0 bridgehead atoms. The number of hydrogen-bond acceptors (Lipinski definition) is 5. The lowest BCUT2D eigenvalue weighted by atomic mass is 10.2. The van der Waals surface area contributed by atoms with E-state index in [9.17, 15) is 4.79 Å². The molecule has 1 aromatic heterocycles. The lowest BCUT2D eigenvalue weighted by Crippen LogP contribution is -2.43. The summed E-state index contributed by atoms with van der Waals surface area (Å²) in [5.74, 6) is 5.53. The SMILES string of the molecule is CN1CCN(Cc2cc(C(=O)NN)co2)CC1. The summed E-state index contributed by atoms with van der Waals surface area (Å²) in [7, 11) is 2.12. The van der Waals surface area contributed by atoms with Gasteiger partial charge in [0.1, 0.15) is 12.0 Å². The van der Waals surface area contributed by atoms with Gasteiger partial charge in [0.05, 0.1) is 12.1 Å². The number of likely N-dealkylation sites (N-methyl/N-ethyl adjacent to an activating group) is 1. The van der Waals surface area contributed by atoms with E-state index in [0.717, 1.165) is 38.5 Å². The van der Waals surface area contributed by atoms with Crippen LogP contribution in [0.25, 0.3) is 0 Å². The molecule has 0 spiro atoms. The lowest BCUT2D eigenvalue weighted by Gasteiger charge is -2.31. The van der Waals surface area contributed by atoms with Gasteiger partial charge >= 0.3 is 0 Å². The predicted molar refractivity (Wildman–Crippen MR) is 63.1 cm³/mol. The zero-order valence-electron chi connectivity index (χ0n) is 9.98. The molecule has 0 atom stereocenters. The second kappa shape index (κ2) is 5.31. The largest absolute Gasteiger partial charge is 0.467 e. The zero-order chi connectivity index (χ0) is 12.3. The number of nitrogen functional groups attached to an aromatic ring is 1. The summed E-state index contributed by atoms with van der Waals surface area (Å²) in [6.07, 6.45) is 1.44. The van der Waals surface area contributed by atoms with Gasteiger partial charge in [-0.3, -0.25) is 15.1 Å². The maximum atomic E-state index is 11.2. The Morgan fingerprint density at radius 1 is 1.47 bits per heavy atom. The van der Waals surface area contributed by atoms with E-state index >= 15 is 0 Å². The Hall–Kier alpha value is -1.37. The van der Waals surface area contributed by atoms with Crippen molar-refractivity contribution in [3.05, 3.63) is 23.7 Å². The molecular formula is C11H18N4O2. The molecule has 2 rings (SSSR count). The van der Waals surface area contributed by atoms with Crippen LogP contribution in [0.15, 0.2) is 16.7 Å². The van der Waals surface area contributed by atoms with Crippen LogP contribution in [-0.4, -0.2) is 48.9 Å². The Labute approximate surface area is 100 Å². The van der Waals surface area contributed by atoms with Crippen LogP contribution < -0.4 is 11.3 Å². The quantitative estimate of drug-likeness (QED) is 0.427. The fraction of sp³-hybridized carbons (Fsp3) is 0.545. The molecule has 0 saturated carbocycles. The van der Waals surface area contributed by atoms with Gasteiger partial charge in [0.2, 0.25) is 0 Å². The minimum absolute atomic E-state index is 0.321. The van der Waals surface area contributed by atoms with E-state index in [1.165, 1.54) is 6.26 Å². The standard InChI is InChI=1S/C11H18N4O2/c1-14-2-4-15(5-3-14)7-10-6-9(8-17-10)11(16)13-12/h6,8H,2-5,7,12H2,1H3,(H,13,16). The number of rotatable bonds is 3. The van der Waals surface area contributed by atoms with Gasteiger partial charge in [0, 0.05) is 26.2 Å². The average molecular weight is 238 g/mol. The lowest BCUT2D eigenvalue weighted by molar-refractivity contribution is 0.0953. The van der Waals surface area contributed by atoms with Crippen molar-refractivity contribution in [3.63, 3.8) is 0 Å². The molecule has 1 amide bonds. The number of carbonyl (C=O) groups excluding carboxylic acids is 1. The van der Waals surface area contributed by atoms with Gasteiger partial charge in [-0.25, -0.2) is 5.84 Å². The van der Waals surface area contributed by atoms with Crippen molar-refractivity contribution in [2.75, 3.05) is 33.2 Å². The summed E-state index contributed by atoms with van der Waals surface area (Å²) < 4.78 is 5.35. The second-order valence-electron chi connectivity index (χ2n) is 4.35. The summed E-state index contributed by atoms with van der Waals surface area (Å²) in [6, 6.07) is 1.74. The highest BCUT2D eigenvalue weighted by Crippen LogP contribution is 2.11. The van der Waals surface area contributed by atoms with E-state index in [1.807, 2.05) is 0 Å². The van der Waals surface area contributed by atoms with Gasteiger partial charge in [0.25, 0.3) is 5.91 Å². The molecule has 1 aliphatic rings. The Morgan fingerprint density at radius 2 is 2.18 bits per heavy atom. The minimum Gasteiger partial charge on any atom is -0.467 e. The van der Waals surface area contributed by atoms with Crippen LogP contribution in [0.2, 0.25) is 0 Å². The first kappa shape index (κ1) is 12.1. The molecule has 6 heteroatoms. The third kappa shape index (κ3) is 3.06. The minimum atomic E-state index is -0.321. The van der Waals surface area contributed by atoms with E-state index in [2.05, 4.69) is 22.3 Å². The number of nitrogens with two attached hydrogens (primary N) is 1. The number of amides is 1. The molecule has 1 aliphatic heterocycles. The fourth-order valence-corrected chi connectivity index (χ4v) is 1.89. The molecular weight excluding hydrogens is 220 g/mol. The number of carbonyl (C=O) groups is 1. The summed E-state index contributed by atoms with van der Waals surface area (Å²) in [6.45, 7) is 4.92. The molecule has 3 N–H and O–H groups in total. The summed E-state index contributed by atoms with van der Waals surface area (Å²) >= 11 is 0. The Morgan fingerprint density at radius 3 is 2.82 bits per heavy atom. The van der Waals surface area contributed by atoms with Gasteiger partial charge in [-0.15, -0.1) is 0 Å². The van der Waals surface area contributed by atoms with Crippen molar-refractivity contribution >= 4 is 5.91 Å². The smallest absolute Gasteiger partial charge is 0.268 e. The number of piperazine rings is 1. The van der Waals surface area contributed by atoms with Crippen molar-refractivity contribution in [1.82, 2.24) is 15.2 Å². The maximum absolute atomic E-state index is 11.2. The van der Waals surface area contributed by atoms with Gasteiger partial charge in [-0.2, -0.15) is 0 Å². The number of hydrogen-bond donors (Lipinski definition) is 2. The van der Waals surface area contributed by atoms with Crippen LogP contribution in [0.5, 0.6) is 0 Å². The monoisotopic (exact) mass is 238 g/mol. The molecule has 94 valence electrons. The molecule has 1 aromatic rings. The predicted octanol–water partition coefficient (Wildman–Crippen LogP) is -0.369. The van der Waals surface area contributed by atoms with Crippen LogP contribution in [0, 0.1) is 0 Å². The normalized spacial score (nSPS) is 18.2. The van der Waals surface area contributed by atoms with Crippen molar-refractivity contribution in [2.45, 2.75) is 6.54 Å². The van der Waals surface area contributed by atoms with Crippen molar-refractivity contribution < 1.29 is 9.21 Å². The van der Waals surface area contributed by atoms with Crippen LogP contribution in [-0.2, 0) is 6.54 Å². The van der Waals surface area contributed by atoms with E-state index in [0.29, 0.717) is 5.56 Å². The highest BCUT2D eigenvalue weighted by Gasteiger charge is 2.16. The third-order valence-electron chi connectivity index (χ3n) is 3.02. The summed E-state index contributed by atoms with van der Waals surface area (Å²) in [5, 5.41) is 0. The van der Waals surface area contributed by atoms with Crippen LogP contribution in [0.1, 0.15) is 16.1 Å². The van der Waals surface area contributed by atoms with E-state index in [-0.39, 0.29) is 5.91 Å². The number of furan rings is 1. The van der Waals surface area contributed by atoms with Gasteiger partial charge in [-0.05, 0) is 13.1 Å². The van der Waals surface area contributed by atoms with E-state index in [4.69, 9.17) is 10.3 Å². The Kier molecular flexibility index (Phi) is 3.78. The van der Waals surface area contributed by atoms with E-state index in [1.54, 1.807) is 6.07 Å². The molecule has 1 saturated heterocycles. The van der Waals surface area contributed by atoms with Crippen molar-refractivity contribution in [2.24, 2.45) is 5.84 Å². The highest BCUT2D eigenvalue weighted by atomic mass is 16.3. The van der Waals surface area contributed by atoms with Crippen molar-refractivity contribution in [1.29, 1.82) is 0 Å². The number of nitrogens with zero attached hydrogens (tertiary/aromatic N) is 2. The number of nitrogens with one attached hydrogen (secondary N) is 1. The Bertz CT molecular complexity index is 383. The van der Waals surface area contributed by atoms with Gasteiger partial charge in [-0.1, -0.05) is 0 Å². The summed E-state index contributed by atoms with van der Waals surface area (Å²) in [5.41, 5.74) is 2.55. The first-order valence-electron chi connectivity index (χ1n) is 5.68. The molecule has 2 heterocycles. The highest BCUT2D eigenvalue weighted by molar-refractivity contribution is 5.93. The average Bonchev–Trinajstić information content (AvgIpc) is 2.80. The molecule has 1 fully saturated rings. The Balaban J connectivity index is 1.90. The van der Waals surface area contributed by atoms with Crippen LogP contribution in [0.4, 0.5) is 0 Å². The first-order valence-corrected chi connectivity index (χ1v) is 5.68.